The number of pyridine rings is 1. The predicted molar refractivity (Wildman–Crippen MR) is 58.5 cm³/mol. The molecule has 5 heteroatoms. The molecule has 5 nitrogen and oxygen atoms in total. The molecule has 16 heavy (non-hydrogen) atoms. The molecule has 0 aromatic carbocycles. The minimum Gasteiger partial charge on any atom is -0.436 e. The molecule has 0 atom stereocenters. The molecule has 0 radical (unpaired) electrons. The van der Waals surface area contributed by atoms with Gasteiger partial charge in [0.2, 0.25) is 0 Å². The van der Waals surface area contributed by atoms with E-state index in [2.05, 4.69) is 10.3 Å². The number of hydrogen-bond donors (Lipinski definition) is 2. The average molecular weight is 217 g/mol. The van der Waals surface area contributed by atoms with Crippen LogP contribution < -0.4 is 11.1 Å². The summed E-state index contributed by atoms with van der Waals surface area (Å²) in [5.74, 6) is 0.147. The number of carbonyl (C=O) groups excluding carboxylic acids is 1. The summed E-state index contributed by atoms with van der Waals surface area (Å²) >= 11 is 0. The van der Waals surface area contributed by atoms with E-state index in [1.54, 1.807) is 18.5 Å². The molecule has 0 aliphatic heterocycles. The fourth-order valence-electron chi connectivity index (χ4n) is 1.25. The van der Waals surface area contributed by atoms with Crippen molar-refractivity contribution in [2.75, 3.05) is 5.73 Å². The molecule has 0 saturated carbocycles. The van der Waals surface area contributed by atoms with Gasteiger partial charge in [-0.25, -0.2) is 0 Å². The van der Waals surface area contributed by atoms with Crippen molar-refractivity contribution in [3.8, 4) is 0 Å². The molecule has 0 aliphatic carbocycles. The molecule has 0 unspecified atom stereocenters. The van der Waals surface area contributed by atoms with E-state index >= 15 is 0 Å². The number of hydrogen-bond acceptors (Lipinski definition) is 4. The Balaban J connectivity index is 1.94. The monoisotopic (exact) mass is 217 g/mol. The van der Waals surface area contributed by atoms with Gasteiger partial charge in [-0.3, -0.25) is 9.78 Å². The first-order chi connectivity index (χ1) is 7.75. The number of nitrogens with two attached hydrogens (primary N) is 1. The fraction of sp³-hybridized carbons (Fsp3) is 0.0909. The average Bonchev–Trinajstić information content (AvgIpc) is 2.74. The fourth-order valence-corrected chi connectivity index (χ4v) is 1.25. The van der Waals surface area contributed by atoms with Gasteiger partial charge in [0.25, 0.3) is 5.91 Å². The Morgan fingerprint density at radius 1 is 1.44 bits per heavy atom. The lowest BCUT2D eigenvalue weighted by Crippen LogP contribution is -2.22. The normalized spacial score (nSPS) is 10.0. The summed E-state index contributed by atoms with van der Waals surface area (Å²) in [5, 5.41) is 2.70. The zero-order valence-corrected chi connectivity index (χ0v) is 8.51. The van der Waals surface area contributed by atoms with E-state index in [-0.39, 0.29) is 17.6 Å². The van der Waals surface area contributed by atoms with Crippen molar-refractivity contribution in [2.24, 2.45) is 0 Å². The molecule has 2 aromatic rings. The molecule has 0 spiro atoms. The molecule has 2 rings (SSSR count). The summed E-state index contributed by atoms with van der Waals surface area (Å²) in [5.41, 5.74) is 6.29. The van der Waals surface area contributed by atoms with Gasteiger partial charge >= 0.3 is 0 Å². The standard InChI is InChI=1S/C11H11N3O2/c12-10-4-3-9(16-10)11(15)14-7-8-2-1-5-13-6-8/h1-6H,7,12H2,(H,14,15). The maximum absolute atomic E-state index is 11.6. The van der Waals surface area contributed by atoms with E-state index in [0.29, 0.717) is 6.54 Å². The first kappa shape index (κ1) is 10.2. The predicted octanol–water partition coefficient (Wildman–Crippen LogP) is 1.19. The van der Waals surface area contributed by atoms with Crippen molar-refractivity contribution in [2.45, 2.75) is 6.54 Å². The van der Waals surface area contributed by atoms with Crippen LogP contribution in [0.4, 0.5) is 5.88 Å². The summed E-state index contributed by atoms with van der Waals surface area (Å²) in [6.45, 7) is 0.410. The highest BCUT2D eigenvalue weighted by molar-refractivity contribution is 5.91. The van der Waals surface area contributed by atoms with Crippen LogP contribution in [0.1, 0.15) is 16.1 Å². The van der Waals surface area contributed by atoms with Crippen LogP contribution in [0.5, 0.6) is 0 Å². The lowest BCUT2D eigenvalue weighted by molar-refractivity contribution is 0.0924. The van der Waals surface area contributed by atoms with E-state index in [1.807, 2.05) is 12.1 Å². The second kappa shape index (κ2) is 4.48. The lowest BCUT2D eigenvalue weighted by atomic mass is 10.3. The first-order valence-electron chi connectivity index (χ1n) is 4.78. The van der Waals surface area contributed by atoms with Crippen LogP contribution in [0.15, 0.2) is 41.1 Å². The molecule has 0 aliphatic rings. The van der Waals surface area contributed by atoms with Gasteiger partial charge in [-0.1, -0.05) is 6.07 Å². The number of furan rings is 1. The maximum Gasteiger partial charge on any atom is 0.287 e. The van der Waals surface area contributed by atoms with Crippen LogP contribution in [-0.4, -0.2) is 10.9 Å². The van der Waals surface area contributed by atoms with Gasteiger partial charge in [0, 0.05) is 25.0 Å². The minimum atomic E-state index is -0.291. The molecule has 2 aromatic heterocycles. The van der Waals surface area contributed by atoms with Crippen LogP contribution in [0.2, 0.25) is 0 Å². The Hall–Kier alpha value is -2.30. The van der Waals surface area contributed by atoms with Gasteiger partial charge in [0.1, 0.15) is 0 Å². The maximum atomic E-state index is 11.6. The molecule has 3 N–H and O–H groups in total. The number of anilines is 1. The summed E-state index contributed by atoms with van der Waals surface area (Å²) < 4.78 is 4.98. The number of nitrogen functional groups attached to an aromatic ring is 1. The van der Waals surface area contributed by atoms with Crippen LogP contribution in [0.3, 0.4) is 0 Å². The smallest absolute Gasteiger partial charge is 0.287 e. The van der Waals surface area contributed by atoms with Crippen molar-refractivity contribution in [1.82, 2.24) is 10.3 Å². The Labute approximate surface area is 92.3 Å². The van der Waals surface area contributed by atoms with E-state index in [4.69, 9.17) is 10.2 Å². The topological polar surface area (TPSA) is 81.2 Å². The molecule has 1 amide bonds. The van der Waals surface area contributed by atoms with Crippen molar-refractivity contribution in [3.63, 3.8) is 0 Å². The molecule has 2 heterocycles. The molecular weight excluding hydrogens is 206 g/mol. The highest BCUT2D eigenvalue weighted by Crippen LogP contribution is 2.08. The second-order valence-corrected chi connectivity index (χ2v) is 3.25. The summed E-state index contributed by atoms with van der Waals surface area (Å²) in [6.07, 6.45) is 3.37. The quantitative estimate of drug-likeness (QED) is 0.809. The van der Waals surface area contributed by atoms with Crippen LogP contribution in [0, 0.1) is 0 Å². The molecule has 0 bridgehead atoms. The van der Waals surface area contributed by atoms with Crippen molar-refractivity contribution in [3.05, 3.63) is 48.0 Å². The van der Waals surface area contributed by atoms with Crippen LogP contribution >= 0.6 is 0 Å². The van der Waals surface area contributed by atoms with Crippen LogP contribution in [0.25, 0.3) is 0 Å². The number of nitrogens with one attached hydrogen (secondary N) is 1. The number of aromatic nitrogens is 1. The van der Waals surface area contributed by atoms with Gasteiger partial charge in [-0.15, -0.1) is 0 Å². The number of carbonyl (C=O) groups is 1. The SMILES string of the molecule is Nc1ccc(C(=O)NCc2cccnc2)o1. The third kappa shape index (κ3) is 2.38. The molecule has 0 saturated heterocycles. The lowest BCUT2D eigenvalue weighted by Gasteiger charge is -2.02. The van der Waals surface area contributed by atoms with Crippen molar-refractivity contribution in [1.29, 1.82) is 0 Å². The van der Waals surface area contributed by atoms with Crippen molar-refractivity contribution < 1.29 is 9.21 Å². The van der Waals surface area contributed by atoms with E-state index in [9.17, 15) is 4.79 Å². The number of amides is 1. The highest BCUT2D eigenvalue weighted by atomic mass is 16.4. The molecule has 0 fully saturated rings. The second-order valence-electron chi connectivity index (χ2n) is 3.25. The summed E-state index contributed by atoms with van der Waals surface area (Å²) in [6, 6.07) is 6.77. The number of rotatable bonds is 3. The molecular formula is C11H11N3O2. The third-order valence-electron chi connectivity index (χ3n) is 2.03. The zero-order chi connectivity index (χ0) is 11.4. The van der Waals surface area contributed by atoms with Gasteiger partial charge in [-0.05, 0) is 17.7 Å². The Kier molecular flexibility index (Phi) is 2.86. The van der Waals surface area contributed by atoms with Gasteiger partial charge in [0.05, 0.1) is 0 Å². The third-order valence-corrected chi connectivity index (χ3v) is 2.03. The van der Waals surface area contributed by atoms with E-state index in [1.165, 1.54) is 6.07 Å². The zero-order valence-electron chi connectivity index (χ0n) is 8.51. The summed E-state index contributed by atoms with van der Waals surface area (Å²) in [4.78, 5) is 15.5. The summed E-state index contributed by atoms with van der Waals surface area (Å²) in [7, 11) is 0. The van der Waals surface area contributed by atoms with E-state index in [0.717, 1.165) is 5.56 Å². The van der Waals surface area contributed by atoms with Gasteiger partial charge in [-0.2, -0.15) is 0 Å². The number of nitrogens with zero attached hydrogens (tertiary/aromatic N) is 1. The minimum absolute atomic E-state index is 0.210. The Morgan fingerprint density at radius 3 is 2.94 bits per heavy atom. The van der Waals surface area contributed by atoms with Gasteiger partial charge < -0.3 is 15.5 Å². The highest BCUT2D eigenvalue weighted by Gasteiger charge is 2.09. The Morgan fingerprint density at radius 2 is 2.31 bits per heavy atom. The largest absolute Gasteiger partial charge is 0.436 e. The Bertz CT molecular complexity index is 479. The van der Waals surface area contributed by atoms with Gasteiger partial charge in [0.15, 0.2) is 11.6 Å². The molecule has 82 valence electrons. The van der Waals surface area contributed by atoms with Crippen LogP contribution in [-0.2, 0) is 6.54 Å². The first-order valence-corrected chi connectivity index (χ1v) is 4.78. The van der Waals surface area contributed by atoms with E-state index < -0.39 is 0 Å². The van der Waals surface area contributed by atoms with Crippen molar-refractivity contribution >= 4 is 11.8 Å².